The fraction of sp³-hybridized carbons (Fsp3) is 0.381. The number of carbonyl (C=O) groups is 1. The molecular formula is C21H22Cl2N2O. The number of amides is 1. The van der Waals surface area contributed by atoms with E-state index < -0.39 is 5.54 Å². The van der Waals surface area contributed by atoms with E-state index in [2.05, 4.69) is 10.6 Å². The molecule has 1 fully saturated rings. The first-order chi connectivity index (χ1) is 12.6. The van der Waals surface area contributed by atoms with Gasteiger partial charge in [-0.25, -0.2) is 0 Å². The van der Waals surface area contributed by atoms with Gasteiger partial charge in [0.05, 0.1) is 0 Å². The van der Waals surface area contributed by atoms with E-state index in [4.69, 9.17) is 23.2 Å². The Morgan fingerprint density at radius 1 is 1.00 bits per heavy atom. The van der Waals surface area contributed by atoms with Crippen LogP contribution in [0.1, 0.15) is 43.2 Å². The summed E-state index contributed by atoms with van der Waals surface area (Å²) in [6.07, 6.45) is 6.51. The number of fused-ring (bicyclic) bond motifs is 1. The van der Waals surface area contributed by atoms with Crippen LogP contribution < -0.4 is 10.6 Å². The molecule has 3 nitrogen and oxygen atoms in total. The minimum Gasteiger partial charge on any atom is -0.324 e. The molecule has 0 aromatic heterocycles. The molecule has 1 heterocycles. The van der Waals surface area contributed by atoms with Crippen LogP contribution >= 0.6 is 23.2 Å². The Labute approximate surface area is 164 Å². The highest BCUT2D eigenvalue weighted by molar-refractivity contribution is 6.31. The van der Waals surface area contributed by atoms with Crippen LogP contribution in [0.15, 0.2) is 42.5 Å². The van der Waals surface area contributed by atoms with E-state index >= 15 is 0 Å². The molecule has 1 aliphatic carbocycles. The molecule has 2 aromatic carbocycles. The van der Waals surface area contributed by atoms with Gasteiger partial charge in [0.1, 0.15) is 5.54 Å². The van der Waals surface area contributed by atoms with Crippen LogP contribution in [0.2, 0.25) is 10.0 Å². The summed E-state index contributed by atoms with van der Waals surface area (Å²) in [5.41, 5.74) is 2.10. The Hall–Kier alpha value is -1.55. The van der Waals surface area contributed by atoms with Crippen molar-refractivity contribution in [3.63, 3.8) is 0 Å². The quantitative estimate of drug-likeness (QED) is 0.745. The molecule has 0 spiro atoms. The number of halogens is 2. The molecule has 1 unspecified atom stereocenters. The first kappa shape index (κ1) is 17.8. The molecule has 136 valence electrons. The summed E-state index contributed by atoms with van der Waals surface area (Å²) in [5.74, 6) is -0.00436. The van der Waals surface area contributed by atoms with Crippen molar-refractivity contribution in [3.8, 4) is 0 Å². The molecule has 1 atom stereocenters. The highest BCUT2D eigenvalue weighted by Gasteiger charge is 2.48. The molecular weight excluding hydrogens is 367 g/mol. The Bertz CT molecular complexity index is 815. The fourth-order valence-corrected chi connectivity index (χ4v) is 4.52. The third-order valence-corrected chi connectivity index (χ3v) is 6.00. The van der Waals surface area contributed by atoms with E-state index in [0.717, 1.165) is 29.7 Å². The number of benzene rings is 2. The van der Waals surface area contributed by atoms with E-state index in [-0.39, 0.29) is 5.91 Å². The van der Waals surface area contributed by atoms with Gasteiger partial charge < -0.3 is 5.32 Å². The topological polar surface area (TPSA) is 41.1 Å². The van der Waals surface area contributed by atoms with E-state index in [1.54, 1.807) is 0 Å². The molecule has 2 aromatic rings. The molecule has 2 aliphatic rings. The lowest BCUT2D eigenvalue weighted by atomic mass is 9.82. The number of hydrogen-bond acceptors (Lipinski definition) is 2. The van der Waals surface area contributed by atoms with Crippen LogP contribution in [0.4, 0.5) is 5.69 Å². The molecule has 1 amide bonds. The van der Waals surface area contributed by atoms with Crippen molar-refractivity contribution < 1.29 is 4.79 Å². The summed E-state index contributed by atoms with van der Waals surface area (Å²) < 4.78 is 0. The minimum absolute atomic E-state index is 0.00436. The first-order valence-electron chi connectivity index (χ1n) is 9.20. The molecule has 26 heavy (non-hydrogen) atoms. The van der Waals surface area contributed by atoms with Gasteiger partial charge in [0, 0.05) is 33.8 Å². The zero-order chi connectivity index (χ0) is 18.1. The maximum Gasteiger partial charge on any atom is 0.249 e. The van der Waals surface area contributed by atoms with Crippen LogP contribution in [0.25, 0.3) is 0 Å². The van der Waals surface area contributed by atoms with E-state index in [9.17, 15) is 4.79 Å². The summed E-state index contributed by atoms with van der Waals surface area (Å²) in [5, 5.41) is 8.10. The van der Waals surface area contributed by atoms with Gasteiger partial charge in [-0.3, -0.25) is 10.1 Å². The molecule has 0 saturated heterocycles. The number of hydrogen-bond donors (Lipinski definition) is 2. The first-order valence-corrected chi connectivity index (χ1v) is 9.96. The summed E-state index contributed by atoms with van der Waals surface area (Å²) in [7, 11) is 0. The molecule has 1 aliphatic heterocycles. The van der Waals surface area contributed by atoms with Crippen LogP contribution in [-0.4, -0.2) is 11.9 Å². The van der Waals surface area contributed by atoms with Gasteiger partial charge >= 0.3 is 0 Å². The molecule has 1 saturated carbocycles. The molecule has 5 heteroatoms. The monoisotopic (exact) mass is 388 g/mol. The molecule has 0 radical (unpaired) electrons. The molecule has 2 N–H and O–H groups in total. The maximum absolute atomic E-state index is 13.2. The van der Waals surface area contributed by atoms with Crippen molar-refractivity contribution in [2.24, 2.45) is 0 Å². The summed E-state index contributed by atoms with van der Waals surface area (Å²) >= 11 is 12.2. The average molecular weight is 389 g/mol. The zero-order valence-electron chi connectivity index (χ0n) is 14.5. The van der Waals surface area contributed by atoms with Crippen molar-refractivity contribution in [1.29, 1.82) is 0 Å². The SMILES string of the molecule is O=C1Nc2cc(Cl)ccc2C1(Cc1ccc(Cl)cc1)NC1CCCCC1. The van der Waals surface area contributed by atoms with Crippen molar-refractivity contribution in [2.75, 3.05) is 5.32 Å². The third kappa shape index (κ3) is 3.36. The van der Waals surface area contributed by atoms with E-state index in [1.807, 2.05) is 42.5 Å². The zero-order valence-corrected chi connectivity index (χ0v) is 16.0. The lowest BCUT2D eigenvalue weighted by molar-refractivity contribution is -0.122. The van der Waals surface area contributed by atoms with Crippen molar-refractivity contribution in [1.82, 2.24) is 5.32 Å². The lowest BCUT2D eigenvalue weighted by Gasteiger charge is -2.35. The number of carbonyl (C=O) groups excluding carboxylic acids is 1. The van der Waals surface area contributed by atoms with Crippen LogP contribution in [0.5, 0.6) is 0 Å². The van der Waals surface area contributed by atoms with Crippen LogP contribution in [0, 0.1) is 0 Å². The Balaban J connectivity index is 1.74. The highest BCUT2D eigenvalue weighted by Crippen LogP contribution is 2.41. The largest absolute Gasteiger partial charge is 0.324 e. The van der Waals surface area contributed by atoms with Gasteiger partial charge in [-0.15, -0.1) is 0 Å². The van der Waals surface area contributed by atoms with Crippen molar-refractivity contribution in [3.05, 3.63) is 63.6 Å². The second kappa shape index (κ2) is 7.22. The Kier molecular flexibility index (Phi) is 4.96. The van der Waals surface area contributed by atoms with Gasteiger partial charge in [-0.05, 0) is 42.7 Å². The van der Waals surface area contributed by atoms with E-state index in [0.29, 0.717) is 22.5 Å². The highest BCUT2D eigenvalue weighted by atomic mass is 35.5. The standard InChI is InChI=1S/C21H22Cl2N2O/c22-15-8-6-14(7-9-15)13-21(25-17-4-2-1-3-5-17)18-11-10-16(23)12-19(18)24-20(21)26/h6-12,17,25H,1-5,13H2,(H,24,26). The van der Waals surface area contributed by atoms with Gasteiger partial charge in [0.25, 0.3) is 0 Å². The number of nitrogens with one attached hydrogen (secondary N) is 2. The summed E-state index contributed by atoms with van der Waals surface area (Å²) in [4.78, 5) is 13.2. The van der Waals surface area contributed by atoms with Crippen LogP contribution in [-0.2, 0) is 16.8 Å². The van der Waals surface area contributed by atoms with Gasteiger partial charge in [-0.1, -0.05) is 60.7 Å². The van der Waals surface area contributed by atoms with Crippen molar-refractivity contribution >= 4 is 34.8 Å². The smallest absolute Gasteiger partial charge is 0.249 e. The second-order valence-electron chi connectivity index (χ2n) is 7.33. The summed E-state index contributed by atoms with van der Waals surface area (Å²) in [6.45, 7) is 0. The fourth-order valence-electron chi connectivity index (χ4n) is 4.22. The van der Waals surface area contributed by atoms with Crippen molar-refractivity contribution in [2.45, 2.75) is 50.1 Å². The summed E-state index contributed by atoms with van der Waals surface area (Å²) in [6, 6.07) is 13.8. The maximum atomic E-state index is 13.2. The molecule has 4 rings (SSSR count). The third-order valence-electron chi connectivity index (χ3n) is 5.52. The predicted molar refractivity (Wildman–Crippen MR) is 107 cm³/mol. The lowest BCUT2D eigenvalue weighted by Crippen LogP contribution is -2.54. The second-order valence-corrected chi connectivity index (χ2v) is 8.20. The minimum atomic E-state index is -0.768. The normalized spacial score (nSPS) is 22.9. The Morgan fingerprint density at radius 2 is 1.69 bits per heavy atom. The molecule has 0 bridgehead atoms. The predicted octanol–water partition coefficient (Wildman–Crippen LogP) is 5.31. The number of rotatable bonds is 4. The van der Waals surface area contributed by atoms with Gasteiger partial charge in [-0.2, -0.15) is 0 Å². The Morgan fingerprint density at radius 3 is 2.42 bits per heavy atom. The number of anilines is 1. The van der Waals surface area contributed by atoms with Crippen LogP contribution in [0.3, 0.4) is 0 Å². The van der Waals surface area contributed by atoms with Gasteiger partial charge in [0.15, 0.2) is 0 Å². The van der Waals surface area contributed by atoms with E-state index in [1.165, 1.54) is 19.3 Å². The van der Waals surface area contributed by atoms with Gasteiger partial charge in [0.2, 0.25) is 5.91 Å². The average Bonchev–Trinajstić information content (AvgIpc) is 2.89.